The van der Waals surface area contributed by atoms with Crippen molar-refractivity contribution >= 4 is 13.7 Å². The molecule has 0 aromatic rings. The number of phosphoric ester groups is 1. The smallest absolute Gasteiger partial charge is 0.387 e. The lowest BCUT2D eigenvalue weighted by Crippen LogP contribution is -2.45. The third kappa shape index (κ3) is 53.2. The van der Waals surface area contributed by atoms with E-state index in [1.165, 1.54) is 128 Å². The van der Waals surface area contributed by atoms with Crippen molar-refractivity contribution in [3.05, 3.63) is 97.2 Å². The van der Waals surface area contributed by atoms with E-state index in [0.717, 1.165) is 83.5 Å². The minimum atomic E-state index is -4.34. The van der Waals surface area contributed by atoms with Gasteiger partial charge in [-0.15, -0.1) is 0 Å². The summed E-state index contributed by atoms with van der Waals surface area (Å²) in [5.41, 5.74) is 0. The van der Waals surface area contributed by atoms with Crippen LogP contribution in [0, 0.1) is 0 Å². The van der Waals surface area contributed by atoms with Crippen molar-refractivity contribution in [2.45, 2.75) is 244 Å². The Morgan fingerprint density at radius 1 is 0.500 bits per heavy atom. The van der Waals surface area contributed by atoms with Gasteiger partial charge in [0.05, 0.1) is 39.9 Å². The second kappa shape index (κ2) is 51.3. The highest BCUT2D eigenvalue weighted by Crippen LogP contribution is 2.43. The Bertz CT molecular complexity index is 1460. The number of hydrogen-bond donors (Lipinski definition) is 3. The van der Waals surface area contributed by atoms with E-state index in [0.29, 0.717) is 17.4 Å². The number of rotatable bonds is 51. The number of carbonyl (C=O) groups is 1. The summed E-state index contributed by atoms with van der Waals surface area (Å²) in [6, 6.07) is -0.849. The molecule has 0 saturated heterocycles. The Balaban J connectivity index is 4.00. The summed E-state index contributed by atoms with van der Waals surface area (Å²) in [4.78, 5) is 23.2. The van der Waals surface area contributed by atoms with Gasteiger partial charge in [-0.25, -0.2) is 4.57 Å². The van der Waals surface area contributed by atoms with Crippen LogP contribution in [0.1, 0.15) is 232 Å². The van der Waals surface area contributed by atoms with E-state index in [9.17, 15) is 19.4 Å². The van der Waals surface area contributed by atoms with Gasteiger partial charge in [0.25, 0.3) is 0 Å². The van der Waals surface area contributed by atoms with Gasteiger partial charge in [0, 0.05) is 6.42 Å². The van der Waals surface area contributed by atoms with Crippen molar-refractivity contribution in [3.63, 3.8) is 0 Å². The number of quaternary nitrogens is 1. The minimum absolute atomic E-state index is 0.0587. The van der Waals surface area contributed by atoms with Crippen LogP contribution in [0.15, 0.2) is 97.2 Å². The number of nitrogens with one attached hydrogen (secondary N) is 1. The van der Waals surface area contributed by atoms with Crippen LogP contribution in [0.4, 0.5) is 0 Å². The number of phosphoric acid groups is 1. The minimum Gasteiger partial charge on any atom is -0.387 e. The lowest BCUT2D eigenvalue weighted by molar-refractivity contribution is -0.870. The quantitative estimate of drug-likeness (QED) is 0.0243. The van der Waals surface area contributed by atoms with E-state index < -0.39 is 20.0 Å². The van der Waals surface area contributed by atoms with E-state index >= 15 is 0 Å². The molecular formula is C61H110N2O6P+. The second-order valence-corrected chi connectivity index (χ2v) is 21.7. The molecule has 3 atom stereocenters. The lowest BCUT2D eigenvalue weighted by Gasteiger charge is -2.25. The van der Waals surface area contributed by atoms with E-state index in [1.807, 2.05) is 27.2 Å². The molecule has 8 nitrogen and oxygen atoms in total. The molecule has 0 aliphatic carbocycles. The zero-order valence-electron chi connectivity index (χ0n) is 46.0. The van der Waals surface area contributed by atoms with Crippen LogP contribution in [-0.4, -0.2) is 73.4 Å². The van der Waals surface area contributed by atoms with Gasteiger partial charge < -0.3 is 19.8 Å². The first-order valence-electron chi connectivity index (χ1n) is 28.6. The first-order chi connectivity index (χ1) is 34.0. The molecule has 0 bridgehead atoms. The number of carbonyl (C=O) groups excluding carboxylic acids is 1. The topological polar surface area (TPSA) is 105 Å². The fourth-order valence-corrected chi connectivity index (χ4v) is 8.58. The molecular weight excluding hydrogens is 888 g/mol. The molecule has 0 aromatic heterocycles. The predicted molar refractivity (Wildman–Crippen MR) is 304 cm³/mol. The van der Waals surface area contributed by atoms with Gasteiger partial charge in [-0.3, -0.25) is 13.8 Å². The highest BCUT2D eigenvalue weighted by Gasteiger charge is 2.27. The Kier molecular flexibility index (Phi) is 49.4. The highest BCUT2D eigenvalue weighted by atomic mass is 31.2. The number of hydrogen-bond acceptors (Lipinski definition) is 5. The largest absolute Gasteiger partial charge is 0.472 e. The van der Waals surface area contributed by atoms with Gasteiger partial charge in [0.15, 0.2) is 0 Å². The Labute approximate surface area is 432 Å². The first-order valence-corrected chi connectivity index (χ1v) is 30.1. The molecule has 0 fully saturated rings. The number of nitrogens with zero attached hydrogens (tertiary/aromatic N) is 1. The molecule has 0 aromatic carbocycles. The third-order valence-electron chi connectivity index (χ3n) is 12.3. The van der Waals surface area contributed by atoms with Gasteiger partial charge >= 0.3 is 7.82 Å². The summed E-state index contributed by atoms with van der Waals surface area (Å²) >= 11 is 0. The molecule has 1 amide bonds. The number of amides is 1. The zero-order valence-corrected chi connectivity index (χ0v) is 46.9. The number of allylic oxidation sites excluding steroid dienone is 15. The third-order valence-corrected chi connectivity index (χ3v) is 13.3. The summed E-state index contributed by atoms with van der Waals surface area (Å²) in [6.45, 7) is 4.68. The van der Waals surface area contributed by atoms with Crippen molar-refractivity contribution in [2.75, 3.05) is 40.9 Å². The molecule has 3 unspecified atom stereocenters. The Morgan fingerprint density at radius 2 is 0.857 bits per heavy atom. The van der Waals surface area contributed by atoms with Gasteiger partial charge in [0.1, 0.15) is 13.2 Å². The maximum absolute atomic E-state index is 12.9. The molecule has 0 heterocycles. The van der Waals surface area contributed by atoms with Crippen molar-refractivity contribution in [3.8, 4) is 0 Å². The zero-order chi connectivity index (χ0) is 51.3. The summed E-state index contributed by atoms with van der Waals surface area (Å²) in [7, 11) is 1.57. The maximum Gasteiger partial charge on any atom is 0.472 e. The van der Waals surface area contributed by atoms with Crippen molar-refractivity contribution < 1.29 is 32.9 Å². The molecule has 3 N–H and O–H groups in total. The van der Waals surface area contributed by atoms with E-state index in [-0.39, 0.29) is 19.1 Å². The summed E-state index contributed by atoms with van der Waals surface area (Å²) in [6.07, 6.45) is 73.7. The molecule has 0 saturated carbocycles. The molecule has 0 radical (unpaired) electrons. The predicted octanol–water partition coefficient (Wildman–Crippen LogP) is 17.4. The van der Waals surface area contributed by atoms with E-state index in [4.69, 9.17) is 9.05 Å². The van der Waals surface area contributed by atoms with Crippen LogP contribution in [0.3, 0.4) is 0 Å². The van der Waals surface area contributed by atoms with Crippen molar-refractivity contribution in [1.29, 1.82) is 0 Å². The van der Waals surface area contributed by atoms with Gasteiger partial charge in [0.2, 0.25) is 5.91 Å². The molecule has 0 aliphatic heterocycles. The molecule has 9 heteroatoms. The molecule has 0 spiro atoms. The Hall–Kier alpha value is -2.58. The summed E-state index contributed by atoms with van der Waals surface area (Å²) in [5, 5.41) is 13.9. The number of aliphatic hydroxyl groups excluding tert-OH is 1. The number of likely N-dealkylation sites (N-methyl/N-ethyl adjacent to an activating group) is 1. The van der Waals surface area contributed by atoms with E-state index in [2.05, 4.69) is 104 Å². The number of unbranched alkanes of at least 4 members (excludes halogenated alkanes) is 24. The maximum atomic E-state index is 12.9. The average Bonchev–Trinajstić information content (AvgIpc) is 3.32. The lowest BCUT2D eigenvalue weighted by atomic mass is 10.0. The van der Waals surface area contributed by atoms with Gasteiger partial charge in [-0.2, -0.15) is 0 Å². The van der Waals surface area contributed by atoms with Crippen LogP contribution in [0.2, 0.25) is 0 Å². The normalized spacial score (nSPS) is 14.7. The molecule has 0 aliphatic rings. The fraction of sp³-hybridized carbons (Fsp3) is 0.721. The van der Waals surface area contributed by atoms with Crippen molar-refractivity contribution in [1.82, 2.24) is 5.32 Å². The van der Waals surface area contributed by atoms with Crippen LogP contribution in [-0.2, 0) is 18.4 Å². The van der Waals surface area contributed by atoms with Crippen molar-refractivity contribution in [2.24, 2.45) is 0 Å². The van der Waals surface area contributed by atoms with Gasteiger partial charge in [-0.05, 0) is 77.0 Å². The fourth-order valence-electron chi connectivity index (χ4n) is 7.85. The highest BCUT2D eigenvalue weighted by molar-refractivity contribution is 7.47. The van der Waals surface area contributed by atoms with E-state index in [1.54, 1.807) is 6.08 Å². The summed E-state index contributed by atoms with van der Waals surface area (Å²) < 4.78 is 23.6. The molecule has 70 heavy (non-hydrogen) atoms. The second-order valence-electron chi connectivity index (χ2n) is 20.3. The number of aliphatic hydroxyl groups is 1. The first kappa shape index (κ1) is 67.4. The standard InChI is InChI=1S/C61H109N2O6P/c1-6-8-10-12-14-16-18-19-20-21-22-23-24-25-26-27-28-29-30-31-32-33-34-35-36-37-38-39-40-41-42-43-45-47-49-51-53-55-61(65)62-59(58-69-70(66,67)68-57-56-63(3,4)5)60(64)54-52-50-48-46-44-17-15-13-11-9-7-2/h8,10,14,16,19-20,22-23,25-26,28-29,31-32,52,54,59-60,64H,6-7,9,11-13,15,17-18,21,24,27,30,33-51,53,55-58H2,1-5H3,(H-,62,65,66,67)/p+1/b10-8-,16-14-,20-19-,23-22-,26-25-,29-28-,32-31-,54-52+. The molecule has 404 valence electrons. The van der Waals surface area contributed by atoms with Crippen LogP contribution in [0.25, 0.3) is 0 Å². The monoisotopic (exact) mass is 998 g/mol. The average molecular weight is 999 g/mol. The molecule has 0 rings (SSSR count). The van der Waals surface area contributed by atoms with Crippen LogP contribution < -0.4 is 5.32 Å². The summed E-state index contributed by atoms with van der Waals surface area (Å²) in [5.74, 6) is -0.181. The van der Waals surface area contributed by atoms with Crippen LogP contribution >= 0.6 is 7.82 Å². The van der Waals surface area contributed by atoms with Crippen LogP contribution in [0.5, 0.6) is 0 Å². The SMILES string of the molecule is CC/C=C\C/C=C\C/C=C\C/C=C\C/C=C\C/C=C\C/C=C\CCCCCCCCCCCCCCCCCC(=O)NC(COP(=O)(O)OCC[N+](C)(C)C)C(O)/C=C/CCCCCCCCCCC. The Morgan fingerprint density at radius 3 is 1.26 bits per heavy atom. The van der Waals surface area contributed by atoms with Gasteiger partial charge in [-0.1, -0.05) is 246 Å².